The Labute approximate surface area is 176 Å². The summed E-state index contributed by atoms with van der Waals surface area (Å²) in [5, 5.41) is 5.20. The Hall–Kier alpha value is -0.130. The van der Waals surface area contributed by atoms with Crippen molar-refractivity contribution in [2.24, 2.45) is 16.0 Å². The highest BCUT2D eigenvalue weighted by Crippen LogP contribution is 2.38. The predicted octanol–water partition coefficient (Wildman–Crippen LogP) is 6.44. The zero-order chi connectivity index (χ0) is 21.5. The summed E-state index contributed by atoms with van der Waals surface area (Å²) in [6.45, 7) is 13.0. The summed E-state index contributed by atoms with van der Waals surface area (Å²) in [5.41, 5.74) is 0.657. The Morgan fingerprint density at radius 1 is 0.679 bits per heavy atom. The summed E-state index contributed by atoms with van der Waals surface area (Å²) >= 11 is 0. The largest absolute Gasteiger partial charge is 0.381 e. The molecule has 28 heavy (non-hydrogen) atoms. The molecular weight excluding hydrogens is 370 g/mol. The average molecular weight is 420 g/mol. The van der Waals surface area contributed by atoms with Crippen LogP contribution in [-0.2, 0) is 14.8 Å². The first-order valence-electron chi connectivity index (χ1n) is 11.8. The molecule has 4 nitrogen and oxygen atoms in total. The van der Waals surface area contributed by atoms with Crippen LogP contribution in [0.1, 0.15) is 118 Å². The molecule has 0 amide bonds. The van der Waals surface area contributed by atoms with Crippen LogP contribution in [0.4, 0.5) is 0 Å². The maximum absolute atomic E-state index is 11.3. The quantitative estimate of drug-likeness (QED) is 0.245. The van der Waals surface area contributed by atoms with Crippen molar-refractivity contribution < 1.29 is 13.2 Å². The van der Waals surface area contributed by atoms with Crippen molar-refractivity contribution in [2.75, 3.05) is 19.0 Å². The number of rotatable bonds is 19. The molecule has 0 saturated carbocycles. The van der Waals surface area contributed by atoms with E-state index in [0.29, 0.717) is 11.8 Å². The smallest absolute Gasteiger partial charge is 0.209 e. The fourth-order valence-corrected chi connectivity index (χ4v) is 5.28. The van der Waals surface area contributed by atoms with E-state index in [4.69, 9.17) is 9.88 Å². The van der Waals surface area contributed by atoms with E-state index in [9.17, 15) is 8.42 Å². The van der Waals surface area contributed by atoms with E-state index in [0.717, 1.165) is 51.7 Å². The molecule has 0 rings (SSSR count). The van der Waals surface area contributed by atoms with E-state index >= 15 is 0 Å². The Bertz CT molecular complexity index is 468. The molecule has 0 heterocycles. The molecule has 5 heteroatoms. The van der Waals surface area contributed by atoms with Gasteiger partial charge in [0.05, 0.1) is 5.75 Å². The summed E-state index contributed by atoms with van der Waals surface area (Å²) in [6, 6.07) is 0. The Morgan fingerprint density at radius 3 is 1.46 bits per heavy atom. The number of primary sulfonamides is 1. The Balaban J connectivity index is 3.97. The molecule has 0 unspecified atom stereocenters. The van der Waals surface area contributed by atoms with Gasteiger partial charge in [-0.1, -0.05) is 79.6 Å². The van der Waals surface area contributed by atoms with Gasteiger partial charge >= 0.3 is 0 Å². The number of ether oxygens (including phenoxy) is 1. The lowest BCUT2D eigenvalue weighted by molar-refractivity contribution is 0.114. The second kappa shape index (κ2) is 14.8. The molecule has 0 aromatic heterocycles. The van der Waals surface area contributed by atoms with E-state index in [1.807, 2.05) is 0 Å². The zero-order valence-corrected chi connectivity index (χ0v) is 20.3. The van der Waals surface area contributed by atoms with Crippen molar-refractivity contribution in [3.63, 3.8) is 0 Å². The van der Waals surface area contributed by atoms with E-state index in [-0.39, 0.29) is 11.2 Å². The van der Waals surface area contributed by atoms with Crippen molar-refractivity contribution in [3.8, 4) is 0 Å². The highest BCUT2D eigenvalue weighted by Gasteiger charge is 2.27. The molecule has 0 atom stereocenters. The van der Waals surface area contributed by atoms with Gasteiger partial charge in [0.25, 0.3) is 0 Å². The van der Waals surface area contributed by atoms with Crippen LogP contribution in [0, 0.1) is 10.8 Å². The van der Waals surface area contributed by atoms with Crippen LogP contribution in [0.15, 0.2) is 0 Å². The van der Waals surface area contributed by atoms with Gasteiger partial charge in [-0.05, 0) is 49.4 Å². The molecule has 2 N–H and O–H groups in total. The molecule has 170 valence electrons. The maximum atomic E-state index is 11.3. The fourth-order valence-electron chi connectivity index (χ4n) is 4.56. The lowest BCUT2D eigenvalue weighted by atomic mass is 9.74. The highest BCUT2D eigenvalue weighted by molar-refractivity contribution is 7.89. The SMILES string of the molecule is CCCC(CC)(CC)CCCCOCCCCC(CC)(CC)CCS(N)(=O)=O. The molecule has 0 aromatic carbocycles. The molecule has 0 saturated heterocycles. The van der Waals surface area contributed by atoms with Gasteiger partial charge in [0, 0.05) is 13.2 Å². The molecule has 0 aromatic rings. The molecule has 0 bridgehead atoms. The molecular formula is C23H49NO3S. The minimum absolute atomic E-state index is 0.0974. The van der Waals surface area contributed by atoms with Gasteiger partial charge in [0.15, 0.2) is 0 Å². The van der Waals surface area contributed by atoms with Crippen LogP contribution in [0.25, 0.3) is 0 Å². The number of nitrogens with two attached hydrogens (primary N) is 1. The lowest BCUT2D eigenvalue weighted by Crippen LogP contribution is -2.26. The van der Waals surface area contributed by atoms with Crippen molar-refractivity contribution in [3.05, 3.63) is 0 Å². The van der Waals surface area contributed by atoms with Gasteiger partial charge in [-0.25, -0.2) is 13.6 Å². The third-order valence-electron chi connectivity index (χ3n) is 7.19. The fraction of sp³-hybridized carbons (Fsp3) is 1.00. The van der Waals surface area contributed by atoms with Gasteiger partial charge in [-0.15, -0.1) is 0 Å². The van der Waals surface area contributed by atoms with Crippen LogP contribution in [0.5, 0.6) is 0 Å². The van der Waals surface area contributed by atoms with Crippen molar-refractivity contribution >= 4 is 10.0 Å². The summed E-state index contributed by atoms with van der Waals surface area (Å²) in [4.78, 5) is 0. The van der Waals surface area contributed by atoms with Crippen molar-refractivity contribution in [1.29, 1.82) is 0 Å². The van der Waals surface area contributed by atoms with Gasteiger partial charge in [-0.2, -0.15) is 0 Å². The highest BCUT2D eigenvalue weighted by atomic mass is 32.2. The number of unbranched alkanes of at least 4 members (excludes halogenated alkanes) is 2. The molecule has 0 aliphatic heterocycles. The minimum Gasteiger partial charge on any atom is -0.381 e. The first-order valence-corrected chi connectivity index (χ1v) is 13.5. The normalized spacial score (nSPS) is 13.2. The third kappa shape index (κ3) is 11.8. The topological polar surface area (TPSA) is 69.4 Å². The number of hydrogen-bond acceptors (Lipinski definition) is 3. The third-order valence-corrected chi connectivity index (χ3v) is 7.96. The predicted molar refractivity (Wildman–Crippen MR) is 122 cm³/mol. The Morgan fingerprint density at radius 2 is 1.11 bits per heavy atom. The van der Waals surface area contributed by atoms with E-state index < -0.39 is 10.0 Å². The first-order chi connectivity index (χ1) is 13.2. The second-order valence-corrected chi connectivity index (χ2v) is 10.5. The van der Waals surface area contributed by atoms with Gasteiger partial charge in [0.2, 0.25) is 10.0 Å². The van der Waals surface area contributed by atoms with E-state index in [2.05, 4.69) is 34.6 Å². The van der Waals surface area contributed by atoms with Gasteiger partial charge in [-0.3, -0.25) is 0 Å². The monoisotopic (exact) mass is 419 g/mol. The summed E-state index contributed by atoms with van der Waals surface area (Å²) in [5.74, 6) is 0.0974. The van der Waals surface area contributed by atoms with E-state index in [1.165, 1.54) is 38.5 Å². The Kier molecular flexibility index (Phi) is 14.7. The summed E-state index contributed by atoms with van der Waals surface area (Å²) in [7, 11) is -3.37. The summed E-state index contributed by atoms with van der Waals surface area (Å²) in [6.07, 6.45) is 14.9. The van der Waals surface area contributed by atoms with Crippen LogP contribution in [0.3, 0.4) is 0 Å². The zero-order valence-electron chi connectivity index (χ0n) is 19.5. The van der Waals surface area contributed by atoms with Crippen LogP contribution >= 0.6 is 0 Å². The van der Waals surface area contributed by atoms with Crippen LogP contribution < -0.4 is 5.14 Å². The molecule has 0 radical (unpaired) electrons. The average Bonchev–Trinajstić information content (AvgIpc) is 2.67. The summed E-state index contributed by atoms with van der Waals surface area (Å²) < 4.78 is 28.5. The van der Waals surface area contributed by atoms with Crippen LogP contribution in [-0.4, -0.2) is 27.4 Å². The van der Waals surface area contributed by atoms with E-state index in [1.54, 1.807) is 0 Å². The standard InChI is InChI=1S/C23H49NO3S/c1-6-15-22(7-2,8-3)16-11-13-19-27-20-14-12-17-23(9-4,10-5)18-21-28(24,25)26/h6-21H2,1-5H3,(H2,24,25,26). The second-order valence-electron chi connectivity index (χ2n) is 8.81. The molecule has 0 spiro atoms. The maximum Gasteiger partial charge on any atom is 0.209 e. The number of hydrogen-bond donors (Lipinski definition) is 1. The number of sulfonamides is 1. The first kappa shape index (κ1) is 27.9. The minimum atomic E-state index is -3.37. The van der Waals surface area contributed by atoms with Gasteiger partial charge < -0.3 is 4.74 Å². The van der Waals surface area contributed by atoms with Crippen molar-refractivity contribution in [1.82, 2.24) is 0 Å². The molecule has 0 aliphatic carbocycles. The van der Waals surface area contributed by atoms with Gasteiger partial charge in [0.1, 0.15) is 0 Å². The lowest BCUT2D eigenvalue weighted by Gasteiger charge is -2.32. The van der Waals surface area contributed by atoms with Crippen LogP contribution in [0.2, 0.25) is 0 Å². The molecule has 0 fully saturated rings. The molecule has 0 aliphatic rings. The van der Waals surface area contributed by atoms with Crippen molar-refractivity contribution in [2.45, 2.75) is 118 Å².